The van der Waals surface area contributed by atoms with Crippen molar-refractivity contribution in [3.8, 4) is 17.6 Å². The van der Waals surface area contributed by atoms with E-state index < -0.39 is 5.60 Å². The fourth-order valence-corrected chi connectivity index (χ4v) is 3.18. The molecular formula is C22H23BrN2O4. The van der Waals surface area contributed by atoms with E-state index in [1.165, 1.54) is 6.20 Å². The molecule has 1 aliphatic heterocycles. The lowest BCUT2D eigenvalue weighted by atomic mass is 10.1. The summed E-state index contributed by atoms with van der Waals surface area (Å²) in [6.45, 7) is 4.90. The Morgan fingerprint density at radius 3 is 2.97 bits per heavy atom. The van der Waals surface area contributed by atoms with Crippen LogP contribution in [0.2, 0.25) is 0 Å². The van der Waals surface area contributed by atoms with E-state index in [-0.39, 0.29) is 18.7 Å². The lowest BCUT2D eigenvalue weighted by Crippen LogP contribution is -2.33. The van der Waals surface area contributed by atoms with Crippen LogP contribution in [0.1, 0.15) is 44.2 Å². The summed E-state index contributed by atoms with van der Waals surface area (Å²) in [7, 11) is 0. The summed E-state index contributed by atoms with van der Waals surface area (Å²) in [6, 6.07) is 9.39. The number of hydrogen-bond donors (Lipinski definition) is 0. The van der Waals surface area contributed by atoms with Gasteiger partial charge in [0.2, 0.25) is 5.82 Å². The van der Waals surface area contributed by atoms with Gasteiger partial charge in [-0.3, -0.25) is 0 Å². The molecule has 0 saturated carbocycles. The second kappa shape index (κ2) is 9.97. The SMILES string of the molecule is CC(C)(C#Cc1cccc(COc2cc(Br)cnc2N=O)c1)OC1CCCCO1. The highest BCUT2D eigenvalue weighted by molar-refractivity contribution is 9.10. The maximum Gasteiger partial charge on any atom is 0.238 e. The molecule has 1 saturated heterocycles. The smallest absolute Gasteiger partial charge is 0.238 e. The summed E-state index contributed by atoms with van der Waals surface area (Å²) < 4.78 is 18.1. The fraction of sp³-hybridized carbons (Fsp3) is 0.409. The molecule has 1 fully saturated rings. The molecule has 1 atom stereocenters. The van der Waals surface area contributed by atoms with Gasteiger partial charge in [-0.15, -0.1) is 4.91 Å². The van der Waals surface area contributed by atoms with Crippen molar-refractivity contribution in [1.29, 1.82) is 0 Å². The first-order chi connectivity index (χ1) is 13.9. The van der Waals surface area contributed by atoms with E-state index in [2.05, 4.69) is 37.9 Å². The molecular weight excluding hydrogens is 436 g/mol. The Morgan fingerprint density at radius 2 is 2.21 bits per heavy atom. The van der Waals surface area contributed by atoms with E-state index in [1.54, 1.807) is 6.07 Å². The minimum Gasteiger partial charge on any atom is -0.485 e. The van der Waals surface area contributed by atoms with Crippen LogP contribution in [0.25, 0.3) is 0 Å². The van der Waals surface area contributed by atoms with Gasteiger partial charge in [-0.1, -0.05) is 24.0 Å². The average molecular weight is 459 g/mol. The van der Waals surface area contributed by atoms with Crippen molar-refractivity contribution in [1.82, 2.24) is 4.98 Å². The number of hydrogen-bond acceptors (Lipinski definition) is 6. The molecule has 0 bridgehead atoms. The van der Waals surface area contributed by atoms with Crippen LogP contribution in [0.5, 0.6) is 5.75 Å². The molecule has 1 aromatic heterocycles. The van der Waals surface area contributed by atoms with Crippen molar-refractivity contribution in [2.45, 2.75) is 51.6 Å². The molecule has 0 N–H and O–H groups in total. The molecule has 1 unspecified atom stereocenters. The Morgan fingerprint density at radius 1 is 1.34 bits per heavy atom. The van der Waals surface area contributed by atoms with Gasteiger partial charge in [-0.25, -0.2) is 4.98 Å². The summed E-state index contributed by atoms with van der Waals surface area (Å²) >= 11 is 3.31. The molecule has 1 aliphatic rings. The fourth-order valence-electron chi connectivity index (χ4n) is 2.87. The van der Waals surface area contributed by atoms with Crippen molar-refractivity contribution >= 4 is 21.7 Å². The van der Waals surface area contributed by atoms with Crippen molar-refractivity contribution in [2.75, 3.05) is 6.61 Å². The van der Waals surface area contributed by atoms with Crippen LogP contribution < -0.4 is 4.74 Å². The number of halogens is 1. The first-order valence-electron chi connectivity index (χ1n) is 9.48. The van der Waals surface area contributed by atoms with Crippen LogP contribution in [-0.2, 0) is 16.1 Å². The largest absolute Gasteiger partial charge is 0.485 e. The average Bonchev–Trinajstić information content (AvgIpc) is 2.72. The number of nitrogens with zero attached hydrogens (tertiary/aromatic N) is 2. The molecule has 0 amide bonds. The number of benzene rings is 1. The van der Waals surface area contributed by atoms with E-state index in [0.29, 0.717) is 10.2 Å². The highest BCUT2D eigenvalue weighted by atomic mass is 79.9. The van der Waals surface area contributed by atoms with Crippen LogP contribution in [-0.4, -0.2) is 23.5 Å². The van der Waals surface area contributed by atoms with Gasteiger partial charge in [-0.2, -0.15) is 0 Å². The minimum absolute atomic E-state index is 0.0213. The van der Waals surface area contributed by atoms with Crippen LogP contribution in [0, 0.1) is 16.7 Å². The van der Waals surface area contributed by atoms with Gasteiger partial charge in [0.05, 0.1) is 0 Å². The lowest BCUT2D eigenvalue weighted by molar-refractivity contribution is -0.199. The monoisotopic (exact) mass is 458 g/mol. The standard InChI is InChI=1S/C22H23BrN2O4/c1-22(2,29-20-8-3-4-11-27-20)10-9-16-6-5-7-17(12-16)15-28-19-13-18(23)14-24-21(19)25-26/h5-7,12-14,20H,3-4,8,11,15H2,1-2H3. The molecule has 152 valence electrons. The second-order valence-electron chi connectivity index (χ2n) is 7.23. The van der Waals surface area contributed by atoms with E-state index in [0.717, 1.165) is 37.0 Å². The summed E-state index contributed by atoms with van der Waals surface area (Å²) in [5, 5.41) is 2.89. The molecule has 0 spiro atoms. The van der Waals surface area contributed by atoms with Gasteiger partial charge in [0, 0.05) is 22.8 Å². The normalized spacial score (nSPS) is 16.6. The third-order valence-corrected chi connectivity index (χ3v) is 4.71. The third-order valence-electron chi connectivity index (χ3n) is 4.28. The summed E-state index contributed by atoms with van der Waals surface area (Å²) in [5.74, 6) is 6.70. The summed E-state index contributed by atoms with van der Waals surface area (Å²) in [6.07, 6.45) is 4.42. The number of rotatable bonds is 6. The van der Waals surface area contributed by atoms with E-state index in [4.69, 9.17) is 14.2 Å². The Bertz CT molecular complexity index is 915. The van der Waals surface area contributed by atoms with Crippen LogP contribution in [0.3, 0.4) is 0 Å². The minimum atomic E-state index is -0.610. The molecule has 2 aromatic rings. The topological polar surface area (TPSA) is 70.0 Å². The Kier molecular flexibility index (Phi) is 7.37. The number of aromatic nitrogens is 1. The van der Waals surface area contributed by atoms with Gasteiger partial charge in [0.1, 0.15) is 12.2 Å². The van der Waals surface area contributed by atoms with Crippen molar-refractivity contribution in [2.24, 2.45) is 5.18 Å². The molecule has 3 rings (SSSR count). The number of pyridine rings is 1. The quantitative estimate of drug-likeness (QED) is 0.422. The highest BCUT2D eigenvalue weighted by Crippen LogP contribution is 2.28. The molecule has 6 nitrogen and oxygen atoms in total. The third kappa shape index (κ3) is 6.64. The maximum atomic E-state index is 10.9. The van der Waals surface area contributed by atoms with Crippen molar-refractivity contribution in [3.05, 3.63) is 57.0 Å². The highest BCUT2D eigenvalue weighted by Gasteiger charge is 2.23. The van der Waals surface area contributed by atoms with E-state index in [9.17, 15) is 4.91 Å². The zero-order chi connectivity index (χ0) is 20.7. The van der Waals surface area contributed by atoms with Crippen LogP contribution >= 0.6 is 15.9 Å². The van der Waals surface area contributed by atoms with Gasteiger partial charge in [0.25, 0.3) is 0 Å². The van der Waals surface area contributed by atoms with Gasteiger partial charge < -0.3 is 14.2 Å². The maximum absolute atomic E-state index is 10.9. The van der Waals surface area contributed by atoms with Crippen molar-refractivity contribution < 1.29 is 14.2 Å². The summed E-state index contributed by atoms with van der Waals surface area (Å²) in [4.78, 5) is 14.8. The molecule has 7 heteroatoms. The van der Waals surface area contributed by atoms with Crippen molar-refractivity contribution in [3.63, 3.8) is 0 Å². The Balaban J connectivity index is 1.65. The van der Waals surface area contributed by atoms with Crippen LogP contribution in [0.4, 0.5) is 5.82 Å². The molecule has 0 radical (unpaired) electrons. The lowest BCUT2D eigenvalue weighted by Gasteiger charge is -2.29. The molecule has 0 aliphatic carbocycles. The molecule has 29 heavy (non-hydrogen) atoms. The van der Waals surface area contributed by atoms with Crippen LogP contribution in [0.15, 0.2) is 46.2 Å². The zero-order valence-corrected chi connectivity index (χ0v) is 18.1. The van der Waals surface area contributed by atoms with Gasteiger partial charge >= 0.3 is 0 Å². The van der Waals surface area contributed by atoms with Gasteiger partial charge in [-0.05, 0) is 78.0 Å². The first-order valence-corrected chi connectivity index (χ1v) is 10.3. The van der Waals surface area contributed by atoms with E-state index >= 15 is 0 Å². The first kappa shape index (κ1) is 21.4. The Labute approximate surface area is 179 Å². The molecule has 2 heterocycles. The summed E-state index contributed by atoms with van der Waals surface area (Å²) in [5.41, 5.74) is 1.16. The Hall–Kier alpha value is -2.27. The predicted octanol–water partition coefficient (Wildman–Crippen LogP) is 5.49. The second-order valence-corrected chi connectivity index (χ2v) is 8.15. The van der Waals surface area contributed by atoms with Gasteiger partial charge in [0.15, 0.2) is 12.0 Å². The zero-order valence-electron chi connectivity index (χ0n) is 16.5. The molecule has 1 aromatic carbocycles. The van der Waals surface area contributed by atoms with E-state index in [1.807, 2.05) is 38.1 Å². The predicted molar refractivity (Wildman–Crippen MR) is 114 cm³/mol. The number of ether oxygens (including phenoxy) is 3. The number of nitroso groups, excluding NO2 is 1.